The minimum Gasteiger partial charge on any atom is -0.464 e. The van der Waals surface area contributed by atoms with Gasteiger partial charge in [0.25, 0.3) is 0 Å². The summed E-state index contributed by atoms with van der Waals surface area (Å²) in [5.74, 6) is -0.566. The molecular weight excluding hydrogens is 304 g/mol. The Morgan fingerprint density at radius 2 is 1.85 bits per heavy atom. The van der Waals surface area contributed by atoms with Crippen molar-refractivity contribution in [1.29, 1.82) is 0 Å². The summed E-state index contributed by atoms with van der Waals surface area (Å²) >= 11 is 0. The number of carbonyl (C=O) groups is 2. The molecule has 6 nitrogen and oxygen atoms in total. The fourth-order valence-electron chi connectivity index (χ4n) is 2.57. The number of hydrogen-bond donors (Lipinski definition) is 0. The van der Waals surface area contributed by atoms with Crippen LogP contribution in [0.4, 0.5) is 0 Å². The Hall–Kier alpha value is -0.760. The molecule has 0 bridgehead atoms. The largest absolute Gasteiger partial charge is 0.464 e. The van der Waals surface area contributed by atoms with Crippen LogP contribution in [-0.4, -0.2) is 56.1 Å². The second kappa shape index (κ2) is 5.22. The van der Waals surface area contributed by atoms with Crippen LogP contribution in [0.15, 0.2) is 0 Å². The number of rotatable bonds is 7. The second-order valence-electron chi connectivity index (χ2n) is 5.09. The number of ether oxygens (including phenoxy) is 2. The molecule has 3 unspecified atom stereocenters. The number of cyclic esters (lactones) is 2. The Morgan fingerprint density at radius 3 is 2.15 bits per heavy atom. The van der Waals surface area contributed by atoms with E-state index in [1.54, 1.807) is 13.8 Å². The molecule has 0 aliphatic carbocycles. The van der Waals surface area contributed by atoms with Gasteiger partial charge in [-0.2, -0.15) is 0 Å². The first kappa shape index (κ1) is 15.6. The third-order valence-electron chi connectivity index (χ3n) is 4.22. The first-order chi connectivity index (χ1) is 9.36. The Balaban J connectivity index is 2.27. The molecule has 0 aromatic heterocycles. The van der Waals surface area contributed by atoms with Crippen molar-refractivity contribution in [3.8, 4) is 0 Å². The minimum atomic E-state index is -3.69. The molecule has 2 aliphatic rings. The molecule has 8 heteroatoms. The Labute approximate surface area is 119 Å². The summed E-state index contributed by atoms with van der Waals surface area (Å²) in [6, 6.07) is 0. The van der Waals surface area contributed by atoms with E-state index in [9.17, 15) is 18.0 Å². The molecule has 0 spiro atoms. The minimum absolute atomic E-state index is 0.0683. The summed E-state index contributed by atoms with van der Waals surface area (Å²) in [4.78, 5) is 22.9. The van der Waals surface area contributed by atoms with Crippen LogP contribution in [0.2, 0.25) is 0 Å². The third kappa shape index (κ3) is 2.13. The van der Waals surface area contributed by atoms with Crippen LogP contribution >= 0.6 is 0 Å². The maximum Gasteiger partial charge on any atom is 0.324 e. The van der Waals surface area contributed by atoms with Crippen LogP contribution in [0.25, 0.3) is 0 Å². The number of esters is 2. The van der Waals surface area contributed by atoms with E-state index in [0.29, 0.717) is 13.0 Å². The summed E-state index contributed by atoms with van der Waals surface area (Å²) < 4.78 is 35.6. The average molecular weight is 324 g/mol. The van der Waals surface area contributed by atoms with Crippen LogP contribution in [-0.2, 0) is 37.0 Å². The standard InChI is InChI=1S/C12H20O6S2/c1-3-19(15)20(16,4-2,10-8-18-12(10)14)6-5-9-7-17-11(9)13/h9-10H,3-8H2,1-2H3. The predicted octanol–water partition coefficient (Wildman–Crippen LogP) is -0.00150. The lowest BCUT2D eigenvalue weighted by molar-refractivity contribution is -0.168. The fourth-order valence-corrected chi connectivity index (χ4v) is 11.0. The molecule has 3 atom stereocenters. The summed E-state index contributed by atoms with van der Waals surface area (Å²) in [6.07, 6.45) is 0.355. The van der Waals surface area contributed by atoms with Gasteiger partial charge in [-0.25, -0.2) is 4.21 Å². The molecule has 0 N–H and O–H groups in total. The van der Waals surface area contributed by atoms with Gasteiger partial charge < -0.3 is 9.47 Å². The average Bonchev–Trinajstić information content (AvgIpc) is 2.43. The molecule has 116 valence electrons. The van der Waals surface area contributed by atoms with Crippen molar-refractivity contribution >= 4 is 29.9 Å². The zero-order valence-corrected chi connectivity index (χ0v) is 13.3. The molecular formula is C12H20O6S2. The van der Waals surface area contributed by atoms with Gasteiger partial charge in [0.05, 0.1) is 15.7 Å². The summed E-state index contributed by atoms with van der Waals surface area (Å²) in [6.45, 7) is 3.78. The molecule has 2 fully saturated rings. The molecule has 2 rings (SSSR count). The molecule has 0 saturated carbocycles. The molecule has 0 radical (unpaired) electrons. The van der Waals surface area contributed by atoms with Crippen LogP contribution in [0.1, 0.15) is 20.3 Å². The van der Waals surface area contributed by atoms with Crippen LogP contribution in [0.5, 0.6) is 0 Å². The molecule has 0 aromatic carbocycles. The van der Waals surface area contributed by atoms with E-state index in [0.717, 1.165) is 0 Å². The van der Waals surface area contributed by atoms with Crippen molar-refractivity contribution < 1.29 is 27.5 Å². The Bertz CT molecular complexity index is 528. The number of hydrogen-bond acceptors (Lipinski definition) is 6. The lowest BCUT2D eigenvalue weighted by atomic mass is 10.1. The molecule has 2 aliphatic heterocycles. The van der Waals surface area contributed by atoms with E-state index in [1.165, 1.54) is 0 Å². The quantitative estimate of drug-likeness (QED) is 0.484. The summed E-state index contributed by atoms with van der Waals surface area (Å²) in [5.41, 5.74) is 0. The SMILES string of the molecule is CCS(=O)S(=O)(CC)(CCC1COC1=O)C1COC1=O. The van der Waals surface area contributed by atoms with Crippen molar-refractivity contribution in [2.75, 3.05) is 30.5 Å². The molecule has 0 aromatic rings. The van der Waals surface area contributed by atoms with Gasteiger partial charge in [0.1, 0.15) is 13.2 Å². The van der Waals surface area contributed by atoms with Gasteiger partial charge in [0.15, 0.2) is 5.25 Å². The highest BCUT2D eigenvalue weighted by Gasteiger charge is 2.57. The van der Waals surface area contributed by atoms with E-state index >= 15 is 0 Å². The molecule has 2 saturated heterocycles. The van der Waals surface area contributed by atoms with Crippen molar-refractivity contribution in [3.63, 3.8) is 0 Å². The third-order valence-corrected chi connectivity index (χ3v) is 14.8. The zero-order chi connectivity index (χ0) is 15.0. The van der Waals surface area contributed by atoms with Crippen molar-refractivity contribution in [2.24, 2.45) is 5.92 Å². The van der Waals surface area contributed by atoms with Crippen LogP contribution < -0.4 is 0 Å². The van der Waals surface area contributed by atoms with Crippen molar-refractivity contribution in [3.05, 3.63) is 0 Å². The van der Waals surface area contributed by atoms with Gasteiger partial charge in [0.2, 0.25) is 0 Å². The van der Waals surface area contributed by atoms with Gasteiger partial charge in [-0.3, -0.25) is 13.8 Å². The summed E-state index contributed by atoms with van der Waals surface area (Å²) in [5, 5.41) is -0.783. The number of carbonyl (C=O) groups excluding carboxylic acids is 2. The maximum atomic E-state index is 13.7. The van der Waals surface area contributed by atoms with E-state index < -0.39 is 29.1 Å². The first-order valence-corrected chi connectivity index (χ1v) is 10.9. The van der Waals surface area contributed by atoms with E-state index in [-0.39, 0.29) is 35.8 Å². The summed E-state index contributed by atoms with van der Waals surface area (Å²) in [7, 11) is -5.28. The highest BCUT2D eigenvalue weighted by molar-refractivity contribution is 8.79. The topological polar surface area (TPSA) is 86.7 Å². The second-order valence-corrected chi connectivity index (χ2v) is 13.9. The van der Waals surface area contributed by atoms with Gasteiger partial charge in [0, 0.05) is 17.3 Å². The van der Waals surface area contributed by atoms with E-state index in [1.807, 2.05) is 0 Å². The smallest absolute Gasteiger partial charge is 0.324 e. The van der Waals surface area contributed by atoms with Gasteiger partial charge >= 0.3 is 11.9 Å². The lowest BCUT2D eigenvalue weighted by Gasteiger charge is -2.48. The highest BCUT2D eigenvalue weighted by atomic mass is 33.2. The molecule has 2 heterocycles. The lowest BCUT2D eigenvalue weighted by Crippen LogP contribution is -2.64. The van der Waals surface area contributed by atoms with E-state index in [2.05, 4.69) is 4.74 Å². The van der Waals surface area contributed by atoms with Crippen LogP contribution in [0.3, 0.4) is 0 Å². The van der Waals surface area contributed by atoms with Gasteiger partial charge in [-0.1, -0.05) is 13.8 Å². The maximum absolute atomic E-state index is 13.7. The molecule has 20 heavy (non-hydrogen) atoms. The van der Waals surface area contributed by atoms with Gasteiger partial charge in [-0.15, -0.1) is 0 Å². The van der Waals surface area contributed by atoms with E-state index in [4.69, 9.17) is 4.74 Å². The van der Waals surface area contributed by atoms with Crippen molar-refractivity contribution in [2.45, 2.75) is 25.5 Å². The van der Waals surface area contributed by atoms with Crippen molar-refractivity contribution in [1.82, 2.24) is 0 Å². The van der Waals surface area contributed by atoms with Crippen LogP contribution in [0, 0.1) is 5.92 Å². The highest BCUT2D eigenvalue weighted by Crippen LogP contribution is 2.42. The Kier molecular flexibility index (Phi) is 4.07. The normalized spacial score (nSPS) is 29.2. The molecule has 0 amide bonds. The monoisotopic (exact) mass is 324 g/mol. The zero-order valence-electron chi connectivity index (χ0n) is 11.7. The Morgan fingerprint density at radius 1 is 1.20 bits per heavy atom. The fraction of sp³-hybridized carbons (Fsp3) is 0.833. The van der Waals surface area contributed by atoms with Gasteiger partial charge in [-0.05, 0) is 14.5 Å². The first-order valence-electron chi connectivity index (χ1n) is 6.71. The predicted molar refractivity (Wildman–Crippen MR) is 76.0 cm³/mol.